The molecule has 0 fully saturated rings. The van der Waals surface area contributed by atoms with Crippen LogP contribution in [0.25, 0.3) is 96.3 Å². The molecule has 3 nitrogen and oxygen atoms in total. The summed E-state index contributed by atoms with van der Waals surface area (Å²) in [5.41, 5.74) is 14.4. The lowest BCUT2D eigenvalue weighted by Gasteiger charge is -2.26. The van der Waals surface area contributed by atoms with Crippen LogP contribution in [0.15, 0.2) is 211 Å². The van der Waals surface area contributed by atoms with Gasteiger partial charge in [-0.1, -0.05) is 133 Å². The quantitative estimate of drug-likeness (QED) is 0.161. The van der Waals surface area contributed by atoms with E-state index < -0.39 is 0 Å². The highest BCUT2D eigenvalue weighted by Crippen LogP contribution is 2.45. The van der Waals surface area contributed by atoms with Crippen LogP contribution in [-0.2, 0) is 0 Å². The second kappa shape index (κ2) is 14.2. The van der Waals surface area contributed by atoms with E-state index in [1.165, 1.54) is 58.3 Å². The highest BCUT2D eigenvalue weighted by molar-refractivity contribution is 7.26. The average molecular weight is 803 g/mol. The lowest BCUT2D eigenvalue weighted by molar-refractivity contribution is 0.669. The van der Waals surface area contributed by atoms with Crippen molar-refractivity contribution in [3.8, 4) is 44.0 Å². The Balaban J connectivity index is 0.939. The Morgan fingerprint density at radius 2 is 0.933 bits per heavy atom. The van der Waals surface area contributed by atoms with Crippen molar-refractivity contribution in [1.29, 1.82) is 0 Å². The Morgan fingerprint density at radius 1 is 0.367 bits per heavy atom. The van der Waals surface area contributed by atoms with Gasteiger partial charge >= 0.3 is 0 Å². The molecular weight excluding hydrogens is 769 g/mol. The Hall–Kier alpha value is -7.31. The van der Waals surface area contributed by atoms with Crippen LogP contribution in [-0.4, -0.2) is 4.98 Å². The Kier molecular flexibility index (Phi) is 8.22. The summed E-state index contributed by atoms with van der Waals surface area (Å²) in [6, 6.07) is 73.8. The highest BCUT2D eigenvalue weighted by Gasteiger charge is 2.19. The molecule has 0 aliphatic rings. The van der Waals surface area contributed by atoms with Gasteiger partial charge in [0.1, 0.15) is 16.2 Å². The predicted octanol–water partition coefficient (Wildman–Crippen LogP) is 16.7. The molecule has 12 rings (SSSR count). The number of rotatable bonds is 7. The summed E-state index contributed by atoms with van der Waals surface area (Å²) in [6.45, 7) is 0. The van der Waals surface area contributed by atoms with Crippen molar-refractivity contribution >= 4 is 92.1 Å². The lowest BCUT2D eigenvalue weighted by atomic mass is 10.0. The molecule has 0 atom stereocenters. The molecule has 12 aromatic rings. The molecule has 0 saturated carbocycles. The van der Waals surface area contributed by atoms with Crippen LogP contribution in [0.4, 0.5) is 17.1 Å². The third-order valence-electron chi connectivity index (χ3n) is 11.5. The van der Waals surface area contributed by atoms with Crippen molar-refractivity contribution in [2.45, 2.75) is 0 Å². The van der Waals surface area contributed by atoms with Gasteiger partial charge < -0.3 is 9.32 Å². The monoisotopic (exact) mass is 802 g/mol. The number of benzene rings is 9. The number of thiazole rings is 1. The first-order chi connectivity index (χ1) is 29.7. The van der Waals surface area contributed by atoms with Crippen molar-refractivity contribution in [2.75, 3.05) is 4.90 Å². The predicted molar refractivity (Wildman–Crippen MR) is 256 cm³/mol. The van der Waals surface area contributed by atoms with Crippen LogP contribution < -0.4 is 4.90 Å². The minimum Gasteiger partial charge on any atom is -0.456 e. The number of anilines is 3. The smallest absolute Gasteiger partial charge is 0.136 e. The number of furan rings is 1. The van der Waals surface area contributed by atoms with Crippen molar-refractivity contribution in [1.82, 2.24) is 4.98 Å². The summed E-state index contributed by atoms with van der Waals surface area (Å²) in [5, 5.41) is 5.71. The summed E-state index contributed by atoms with van der Waals surface area (Å²) in [7, 11) is 0. The molecule has 0 radical (unpaired) electrons. The van der Waals surface area contributed by atoms with Crippen molar-refractivity contribution < 1.29 is 4.42 Å². The molecule has 0 unspecified atom stereocenters. The molecule has 0 aliphatic heterocycles. The number of thiophene rings is 1. The van der Waals surface area contributed by atoms with Gasteiger partial charge in [-0.15, -0.1) is 22.7 Å². The van der Waals surface area contributed by atoms with E-state index in [0.717, 1.165) is 55.1 Å². The summed E-state index contributed by atoms with van der Waals surface area (Å²) in [5.74, 6) is 0. The molecule has 5 heteroatoms. The second-order valence-electron chi connectivity index (χ2n) is 15.1. The summed E-state index contributed by atoms with van der Waals surface area (Å²) in [6.07, 6.45) is 0. The normalized spacial score (nSPS) is 11.7. The van der Waals surface area contributed by atoms with Gasteiger partial charge in [0.05, 0.1) is 10.2 Å². The van der Waals surface area contributed by atoms with E-state index in [1.54, 1.807) is 11.3 Å². The van der Waals surface area contributed by atoms with Crippen LogP contribution in [0.3, 0.4) is 0 Å². The first kappa shape index (κ1) is 34.7. The third-order valence-corrected chi connectivity index (χ3v) is 13.7. The average Bonchev–Trinajstić information content (AvgIpc) is 4.03. The van der Waals surface area contributed by atoms with Crippen molar-refractivity contribution in [3.63, 3.8) is 0 Å². The number of hydrogen-bond donors (Lipinski definition) is 0. The molecule has 0 N–H and O–H groups in total. The molecule has 3 aromatic heterocycles. The summed E-state index contributed by atoms with van der Waals surface area (Å²) < 4.78 is 9.94. The number of aromatic nitrogens is 1. The topological polar surface area (TPSA) is 29.3 Å². The fourth-order valence-electron chi connectivity index (χ4n) is 8.64. The maximum absolute atomic E-state index is 6.24. The molecule has 0 spiro atoms. The van der Waals surface area contributed by atoms with E-state index in [0.29, 0.717) is 0 Å². The van der Waals surface area contributed by atoms with Gasteiger partial charge in [0.2, 0.25) is 0 Å². The Bertz CT molecular complexity index is 3530. The second-order valence-corrected chi connectivity index (χ2v) is 17.2. The van der Waals surface area contributed by atoms with E-state index in [9.17, 15) is 0 Å². The van der Waals surface area contributed by atoms with Crippen LogP contribution >= 0.6 is 22.7 Å². The molecule has 0 bridgehead atoms. The maximum Gasteiger partial charge on any atom is 0.136 e. The number of para-hydroxylation sites is 1. The first-order valence-corrected chi connectivity index (χ1v) is 21.7. The molecule has 0 saturated heterocycles. The van der Waals surface area contributed by atoms with E-state index in [1.807, 2.05) is 23.5 Å². The number of hydrogen-bond acceptors (Lipinski definition) is 5. The van der Waals surface area contributed by atoms with Gasteiger partial charge in [0.25, 0.3) is 0 Å². The van der Waals surface area contributed by atoms with Crippen molar-refractivity contribution in [3.05, 3.63) is 206 Å². The van der Waals surface area contributed by atoms with E-state index >= 15 is 0 Å². The Morgan fingerprint density at radius 3 is 1.70 bits per heavy atom. The minimum atomic E-state index is 0.888. The summed E-state index contributed by atoms with van der Waals surface area (Å²) >= 11 is 3.59. The van der Waals surface area contributed by atoms with Gasteiger partial charge in [-0.05, 0) is 106 Å². The minimum absolute atomic E-state index is 0.888. The molecule has 3 heterocycles. The lowest BCUT2D eigenvalue weighted by Crippen LogP contribution is -2.10. The molecule has 0 aliphatic carbocycles. The van der Waals surface area contributed by atoms with Crippen LogP contribution in [0.2, 0.25) is 0 Å². The van der Waals surface area contributed by atoms with Gasteiger partial charge in [-0.2, -0.15) is 0 Å². The Labute approximate surface area is 354 Å². The molecule has 282 valence electrons. The van der Waals surface area contributed by atoms with Gasteiger partial charge in [-0.25, -0.2) is 4.98 Å². The SMILES string of the molecule is c1ccc(-c2ccc(N(c3ccc(-c4ccc5sc6ccc7sc(-c8cccc9oc%10ccccc%10c89)nc7c6c5c4)cc3)c3cccc(-c4ccccc4)c3)cc2)cc1. The summed E-state index contributed by atoms with van der Waals surface area (Å²) in [4.78, 5) is 7.74. The van der Waals surface area contributed by atoms with Crippen LogP contribution in [0.1, 0.15) is 0 Å². The maximum atomic E-state index is 6.24. The largest absolute Gasteiger partial charge is 0.456 e. The van der Waals surface area contributed by atoms with E-state index in [2.05, 4.69) is 199 Å². The zero-order valence-electron chi connectivity index (χ0n) is 32.2. The number of nitrogens with zero attached hydrogens (tertiary/aromatic N) is 2. The van der Waals surface area contributed by atoms with Gasteiger partial charge in [0, 0.05) is 53.6 Å². The number of fused-ring (bicyclic) bond motifs is 8. The van der Waals surface area contributed by atoms with Gasteiger partial charge in [0.15, 0.2) is 0 Å². The van der Waals surface area contributed by atoms with E-state index in [4.69, 9.17) is 9.40 Å². The van der Waals surface area contributed by atoms with E-state index in [-0.39, 0.29) is 0 Å². The molecule has 60 heavy (non-hydrogen) atoms. The standard InChI is InChI=1S/C55H34N2OS2/c1-3-11-35(12-4-1)37-21-26-41(27-22-37)57(43-16-9-15-39(33-43)36-13-5-2-6-14-36)42-28-23-38(24-29-42)40-25-30-49-46(34-40)53-50(59-49)31-32-51-54(53)56-55(60-51)45-18-10-20-48-52(45)44-17-7-8-19-47(44)58-48/h1-34H. The van der Waals surface area contributed by atoms with Gasteiger partial charge in [-0.3, -0.25) is 0 Å². The van der Waals surface area contributed by atoms with Crippen molar-refractivity contribution in [2.24, 2.45) is 0 Å². The fourth-order valence-corrected chi connectivity index (χ4v) is 10.7. The zero-order chi connectivity index (χ0) is 39.6. The third kappa shape index (κ3) is 5.90. The zero-order valence-corrected chi connectivity index (χ0v) is 33.9. The first-order valence-electron chi connectivity index (χ1n) is 20.1. The fraction of sp³-hybridized carbons (Fsp3) is 0. The molecule has 0 amide bonds. The molecule has 9 aromatic carbocycles. The van der Waals surface area contributed by atoms with Crippen LogP contribution in [0.5, 0.6) is 0 Å². The molecular formula is C55H34N2OS2. The van der Waals surface area contributed by atoms with Crippen LogP contribution in [0, 0.1) is 0 Å². The highest BCUT2D eigenvalue weighted by atomic mass is 32.1.